The lowest BCUT2D eigenvalue weighted by atomic mass is 9.80. The van der Waals surface area contributed by atoms with Crippen LogP contribution in [-0.2, 0) is 0 Å². The van der Waals surface area contributed by atoms with E-state index >= 15 is 0 Å². The minimum atomic E-state index is -0.684. The van der Waals surface area contributed by atoms with Crippen molar-refractivity contribution in [1.29, 1.82) is 0 Å². The van der Waals surface area contributed by atoms with Crippen molar-refractivity contribution in [2.75, 3.05) is 0 Å². The number of nitrogens with zero attached hydrogens (tertiary/aromatic N) is 1. The van der Waals surface area contributed by atoms with Crippen molar-refractivity contribution in [3.05, 3.63) is 0 Å². The molecule has 13 heavy (non-hydrogen) atoms. The van der Waals surface area contributed by atoms with Gasteiger partial charge in [0.05, 0.1) is 6.04 Å². The summed E-state index contributed by atoms with van der Waals surface area (Å²) in [4.78, 5) is 0. The van der Waals surface area contributed by atoms with Gasteiger partial charge in [-0.15, -0.1) is 0 Å². The molecule has 2 saturated heterocycles. The number of hydroxylamine groups is 2. The fourth-order valence-corrected chi connectivity index (χ4v) is 4.34. The lowest BCUT2D eigenvalue weighted by molar-refractivity contribution is -0.218. The Morgan fingerprint density at radius 2 is 2.15 bits per heavy atom. The van der Waals surface area contributed by atoms with Crippen LogP contribution in [-0.4, -0.2) is 26.0 Å². The number of rotatable bonds is 0. The highest BCUT2D eigenvalue weighted by Gasteiger charge is 2.52. The number of fused-ring (bicyclic) bond motifs is 2. The number of alkyl halides is 2. The van der Waals surface area contributed by atoms with E-state index in [1.807, 2.05) is 0 Å². The third kappa shape index (κ3) is 1.72. The fourth-order valence-electron chi connectivity index (χ4n) is 2.71. The average Bonchev–Trinajstić information content (AvgIpc) is 1.95. The predicted octanol–water partition coefficient (Wildman–Crippen LogP) is 1.99. The Labute approximate surface area is 91.6 Å². The van der Waals surface area contributed by atoms with Gasteiger partial charge in [0.25, 0.3) is 0 Å². The Morgan fingerprint density at radius 3 is 2.77 bits per heavy atom. The molecule has 4 atom stereocenters. The Morgan fingerprint density at radius 1 is 1.46 bits per heavy atom. The summed E-state index contributed by atoms with van der Waals surface area (Å²) >= 11 is 2.28. The normalized spacial score (nSPS) is 52.2. The lowest BCUT2D eigenvalue weighted by Gasteiger charge is -2.47. The van der Waals surface area contributed by atoms with Crippen LogP contribution in [0.2, 0.25) is 0 Å². The molecule has 2 aliphatic heterocycles. The average molecular weight is 300 g/mol. The van der Waals surface area contributed by atoms with E-state index in [4.69, 9.17) is 5.21 Å². The van der Waals surface area contributed by atoms with E-state index < -0.39 is 6.17 Å². The number of hydrogen-bond donors (Lipinski definition) is 0. The van der Waals surface area contributed by atoms with Gasteiger partial charge in [-0.3, -0.25) is 0 Å². The molecule has 2 N–H and O–H groups in total. The maximum absolute atomic E-state index is 13.3. The highest BCUT2D eigenvalue weighted by molar-refractivity contribution is 14.1. The second-order valence-corrected chi connectivity index (χ2v) is 6.53. The van der Waals surface area contributed by atoms with Crippen molar-refractivity contribution >= 4 is 22.6 Å². The van der Waals surface area contributed by atoms with E-state index in [9.17, 15) is 4.39 Å². The molecule has 76 valence electrons. The highest BCUT2D eigenvalue weighted by atomic mass is 127. The third-order valence-electron chi connectivity index (χ3n) is 3.19. The first-order chi connectivity index (χ1) is 6.01. The standard InChI is InChI=1S/C9H15FINO/c1-6-2-8-3-7(10)5-9(11,4-6)12(8)13/h6-8,13H,2-5H2,1H3/p+1. The first-order valence-electron chi connectivity index (χ1n) is 4.85. The predicted molar refractivity (Wildman–Crippen MR) is 58.5 cm³/mol. The van der Waals surface area contributed by atoms with Crippen LogP contribution >= 0.6 is 22.6 Å². The molecule has 0 spiro atoms. The van der Waals surface area contributed by atoms with Crippen LogP contribution in [0.25, 0.3) is 0 Å². The topological polar surface area (TPSA) is 26.1 Å². The monoisotopic (exact) mass is 300 g/mol. The molecular formula is C9H16FINO+. The van der Waals surface area contributed by atoms with Crippen LogP contribution in [0.5, 0.6) is 0 Å². The Kier molecular flexibility index (Phi) is 2.57. The molecule has 2 heterocycles. The van der Waals surface area contributed by atoms with Crippen LogP contribution in [0.3, 0.4) is 0 Å². The first-order valence-corrected chi connectivity index (χ1v) is 5.93. The Bertz CT molecular complexity index is 200. The van der Waals surface area contributed by atoms with E-state index in [0.717, 1.165) is 12.8 Å². The zero-order valence-corrected chi connectivity index (χ0v) is 9.92. The lowest BCUT2D eigenvalue weighted by Crippen LogP contribution is -2.58. The number of piperidine rings is 2. The second-order valence-electron chi connectivity index (χ2n) is 4.52. The summed E-state index contributed by atoms with van der Waals surface area (Å²) in [5, 5.41) is 9.58. The van der Waals surface area contributed by atoms with Crippen molar-refractivity contribution in [2.45, 2.75) is 48.4 Å². The molecule has 0 radical (unpaired) electrons. The van der Waals surface area contributed by atoms with Gasteiger partial charge >= 0.3 is 0 Å². The summed E-state index contributed by atoms with van der Waals surface area (Å²) < 4.78 is 13.1. The van der Waals surface area contributed by atoms with Gasteiger partial charge in [0, 0.05) is 12.8 Å². The van der Waals surface area contributed by atoms with Gasteiger partial charge in [-0.2, -0.15) is 0 Å². The molecular weight excluding hydrogens is 284 g/mol. The van der Waals surface area contributed by atoms with E-state index in [1.165, 1.54) is 0 Å². The third-order valence-corrected chi connectivity index (χ3v) is 4.60. The molecule has 0 aromatic heterocycles. The molecule has 2 bridgehead atoms. The summed E-state index contributed by atoms with van der Waals surface area (Å²) in [7, 11) is 0. The summed E-state index contributed by atoms with van der Waals surface area (Å²) in [5.74, 6) is 0.649. The van der Waals surface area contributed by atoms with Crippen LogP contribution < -0.4 is 0 Å². The Hall–Kier alpha value is 0.580. The van der Waals surface area contributed by atoms with Gasteiger partial charge in [0.2, 0.25) is 0 Å². The van der Waals surface area contributed by atoms with E-state index in [-0.39, 0.29) is 9.59 Å². The van der Waals surface area contributed by atoms with Gasteiger partial charge in [-0.05, 0) is 18.8 Å². The molecule has 4 heteroatoms. The molecule has 0 saturated carbocycles. The van der Waals surface area contributed by atoms with Crippen molar-refractivity contribution in [2.24, 2.45) is 5.92 Å². The second kappa shape index (κ2) is 3.31. The van der Waals surface area contributed by atoms with Crippen molar-refractivity contribution in [3.8, 4) is 0 Å². The molecule has 2 nitrogen and oxygen atoms in total. The molecule has 0 amide bonds. The summed E-state index contributed by atoms with van der Waals surface area (Å²) in [6, 6.07) is 0.157. The minimum absolute atomic E-state index is 0.157. The van der Waals surface area contributed by atoms with Crippen molar-refractivity contribution in [3.63, 3.8) is 0 Å². The van der Waals surface area contributed by atoms with Crippen LogP contribution in [0, 0.1) is 5.92 Å². The largest absolute Gasteiger partial charge is 0.338 e. The molecule has 0 aromatic rings. The van der Waals surface area contributed by atoms with E-state index in [2.05, 4.69) is 29.5 Å². The molecule has 2 fully saturated rings. The maximum Gasteiger partial charge on any atom is 0.142 e. The van der Waals surface area contributed by atoms with E-state index in [1.54, 1.807) is 5.06 Å². The van der Waals surface area contributed by atoms with Crippen LogP contribution in [0.4, 0.5) is 4.39 Å². The van der Waals surface area contributed by atoms with E-state index in [0.29, 0.717) is 18.8 Å². The maximum atomic E-state index is 13.3. The molecule has 0 aromatic carbocycles. The molecule has 2 aliphatic rings. The summed E-state index contributed by atoms with van der Waals surface area (Å²) in [6.45, 7) is 2.21. The van der Waals surface area contributed by atoms with Gasteiger partial charge in [-0.25, -0.2) is 4.39 Å². The first kappa shape index (κ1) is 10.1. The summed E-state index contributed by atoms with van der Waals surface area (Å²) in [6.07, 6.45) is 2.38. The quantitative estimate of drug-likeness (QED) is 0.291. The van der Waals surface area contributed by atoms with Crippen molar-refractivity contribution < 1.29 is 9.60 Å². The fraction of sp³-hybridized carbons (Fsp3) is 1.00. The van der Waals surface area contributed by atoms with Gasteiger partial charge in [0.15, 0.2) is 0 Å². The number of halogens is 2. The van der Waals surface area contributed by atoms with Crippen molar-refractivity contribution in [1.82, 2.24) is 5.06 Å². The van der Waals surface area contributed by atoms with Gasteiger partial charge in [-0.1, -0.05) is 34.6 Å². The summed E-state index contributed by atoms with van der Waals surface area (Å²) in [5.41, 5.74) is 0. The molecule has 2 rings (SSSR count). The van der Waals surface area contributed by atoms with Crippen LogP contribution in [0.1, 0.15) is 32.6 Å². The minimum Gasteiger partial charge on any atom is -0.338 e. The molecule has 0 aliphatic carbocycles. The smallest absolute Gasteiger partial charge is 0.142 e. The van der Waals surface area contributed by atoms with Gasteiger partial charge in [0.1, 0.15) is 9.72 Å². The van der Waals surface area contributed by atoms with Crippen LogP contribution in [0.15, 0.2) is 0 Å². The molecule has 4 unspecified atom stereocenters. The zero-order valence-electron chi connectivity index (χ0n) is 7.76. The number of hydrogen-bond acceptors (Lipinski definition) is 1. The highest BCUT2D eigenvalue weighted by Crippen LogP contribution is 2.47. The van der Waals surface area contributed by atoms with Gasteiger partial charge < -0.3 is 5.21 Å². The zero-order chi connectivity index (χ0) is 9.64. The SMILES string of the molecule is CC1CC2CC(F)CC(I)(C1)N2[OH2+]. The Balaban J connectivity index is 2.20.